The highest BCUT2D eigenvalue weighted by molar-refractivity contribution is 6.13. The Labute approximate surface area is 774 Å². The lowest BCUT2D eigenvalue weighted by atomic mass is 10.0. The molecule has 47 nitrogen and oxygen atoms in total. The zero-order chi connectivity index (χ0) is 97.8. The summed E-state index contributed by atoms with van der Waals surface area (Å²) < 4.78 is 66.4. The van der Waals surface area contributed by atoms with Crippen LogP contribution in [0.4, 0.5) is 10.5 Å². The maximum Gasteiger partial charge on any atom is 0.312 e. The minimum absolute atomic E-state index is 0.000689. The summed E-state index contributed by atoms with van der Waals surface area (Å²) >= 11 is 0. The van der Waals surface area contributed by atoms with E-state index < -0.39 is 177 Å². The van der Waals surface area contributed by atoms with Gasteiger partial charge in [0.2, 0.25) is 41.4 Å². The molecule has 12 atom stereocenters. The van der Waals surface area contributed by atoms with Crippen LogP contribution in [0.2, 0.25) is 0 Å². The van der Waals surface area contributed by atoms with Crippen LogP contribution < -0.4 is 48.3 Å². The number of hydrogen-bond donors (Lipinski definition) is 20. The van der Waals surface area contributed by atoms with E-state index in [4.69, 9.17) is 72.8 Å². The highest BCUT2D eigenvalue weighted by Gasteiger charge is 2.37. The predicted octanol–water partition coefficient (Wildman–Crippen LogP) is -6.70. The van der Waals surface area contributed by atoms with Crippen molar-refractivity contribution in [3.8, 4) is 0 Å². The van der Waals surface area contributed by atoms with Gasteiger partial charge in [-0.15, -0.1) is 0 Å². The third-order valence-corrected chi connectivity index (χ3v) is 20.3. The average molecular weight is 1910 g/mol. The highest BCUT2D eigenvalue weighted by Crippen LogP contribution is 2.17. The molecule has 0 spiro atoms. The normalized spacial score (nSPS) is 15.5. The third kappa shape index (κ3) is 54.8. The summed E-state index contributed by atoms with van der Waals surface area (Å²) in [5, 5.41) is 130. The second kappa shape index (κ2) is 73.8. The Bertz CT molecular complexity index is 3440. The molecule has 1 unspecified atom stereocenters. The van der Waals surface area contributed by atoms with Gasteiger partial charge >= 0.3 is 6.03 Å². The Morgan fingerprint density at radius 2 is 0.729 bits per heavy atom. The summed E-state index contributed by atoms with van der Waals surface area (Å²) in [5.74, 6) is -6.96. The van der Waals surface area contributed by atoms with Crippen molar-refractivity contribution in [2.24, 2.45) is 11.7 Å². The number of imide groups is 2. The number of benzene rings is 1. The van der Waals surface area contributed by atoms with E-state index in [0.717, 1.165) is 9.80 Å². The van der Waals surface area contributed by atoms with Crippen molar-refractivity contribution in [1.29, 1.82) is 0 Å². The molecular weight excluding hydrogens is 1760 g/mol. The SMILES string of the molecule is CC(C)[C@H](NC(=O)[C@H](CCCCNC(=O)CCOCCOCCOCCOCCOCCOCCOCCOCCOCCOCCOCCOCCN(C[C@H](O)[C@@H](O)[C@H](O)[C@H](O)CO)C[C@H](O)[C@@H](O)[C@H](O)[C@H](O)CO)NC(=O)C(CNC(=O)CCCCCN1C(=O)C=CC1=O)NC(=O)CCCCCN1C(=O)C=CC1=O)C(=O)N[C@@H](CCCNC(N)=O)C(=O)Nc1ccc(CO)cc1. The number of rotatable bonds is 85. The molecule has 0 saturated carbocycles. The molecule has 21 N–H and O–H groups in total. The first-order chi connectivity index (χ1) is 64.0. The summed E-state index contributed by atoms with van der Waals surface area (Å²) in [6.07, 6.45) is -7.03. The molecule has 0 aliphatic carbocycles. The van der Waals surface area contributed by atoms with E-state index in [1.165, 1.54) is 29.2 Å². The highest BCUT2D eigenvalue weighted by atomic mass is 16.6. The number of hydrogen-bond acceptors (Lipinski definition) is 36. The van der Waals surface area contributed by atoms with Gasteiger partial charge in [0.05, 0.1) is 191 Å². The number of unbranched alkanes of at least 4 members (excludes halogenated alkanes) is 5. The van der Waals surface area contributed by atoms with Gasteiger partial charge in [-0.25, -0.2) is 4.79 Å². The quantitative estimate of drug-likeness (QED) is 0.0213. The summed E-state index contributed by atoms with van der Waals surface area (Å²) in [6.45, 7) is 7.44. The molecule has 0 radical (unpaired) electrons. The van der Waals surface area contributed by atoms with E-state index in [2.05, 4.69) is 42.5 Å². The topological polar surface area (TPSA) is 670 Å². The number of urea groups is 1. The number of ether oxygens (including phenoxy) is 12. The molecule has 3 rings (SSSR count). The largest absolute Gasteiger partial charge is 0.394 e. The number of carbonyl (C=O) groups is 12. The van der Waals surface area contributed by atoms with Crippen molar-refractivity contribution in [1.82, 2.24) is 51.9 Å². The maximum absolute atomic E-state index is 14.6. The molecule has 2 aliphatic heterocycles. The van der Waals surface area contributed by atoms with Gasteiger partial charge in [0.1, 0.15) is 60.8 Å². The first-order valence-corrected chi connectivity index (χ1v) is 45.2. The molecule has 133 heavy (non-hydrogen) atoms. The van der Waals surface area contributed by atoms with Crippen molar-refractivity contribution < 1.29 is 171 Å². The molecule has 0 bridgehead atoms. The van der Waals surface area contributed by atoms with Crippen molar-refractivity contribution in [2.45, 2.75) is 183 Å². The molecule has 47 heteroatoms. The lowest BCUT2D eigenvalue weighted by Gasteiger charge is -2.33. The van der Waals surface area contributed by atoms with Gasteiger partial charge in [-0.2, -0.15) is 0 Å². The first kappa shape index (κ1) is 119. The van der Waals surface area contributed by atoms with E-state index in [1.54, 1.807) is 38.1 Å². The summed E-state index contributed by atoms with van der Waals surface area (Å²) in [7, 11) is 0. The number of nitrogens with two attached hydrogens (primary N) is 1. The minimum atomic E-state index is -1.91. The number of carbonyl (C=O) groups excluding carboxylic acids is 12. The minimum Gasteiger partial charge on any atom is -0.394 e. The van der Waals surface area contributed by atoms with Gasteiger partial charge < -0.3 is 161 Å². The number of nitrogens with one attached hydrogen (secondary N) is 8. The Balaban J connectivity index is 1.31. The van der Waals surface area contributed by atoms with Crippen molar-refractivity contribution in [3.05, 3.63) is 54.1 Å². The molecule has 1 aromatic rings. The second-order valence-electron chi connectivity index (χ2n) is 31.3. The Morgan fingerprint density at radius 3 is 1.14 bits per heavy atom. The van der Waals surface area contributed by atoms with Gasteiger partial charge in [0.25, 0.3) is 23.6 Å². The van der Waals surface area contributed by atoms with Gasteiger partial charge in [-0.1, -0.05) is 38.8 Å². The molecule has 13 amide bonds. The molecule has 760 valence electrons. The molecule has 0 aromatic heterocycles. The zero-order valence-corrected chi connectivity index (χ0v) is 76.4. The lowest BCUT2D eigenvalue weighted by molar-refractivity contribution is -0.138. The third-order valence-electron chi connectivity index (χ3n) is 20.3. The number of amides is 13. The van der Waals surface area contributed by atoms with Gasteiger partial charge in [0, 0.05) is 102 Å². The van der Waals surface area contributed by atoms with E-state index in [-0.39, 0.29) is 156 Å². The predicted molar refractivity (Wildman–Crippen MR) is 472 cm³/mol. The van der Waals surface area contributed by atoms with Crippen LogP contribution in [0.3, 0.4) is 0 Å². The molecular formula is C86H146N12O35. The molecule has 1 aromatic carbocycles. The summed E-state index contributed by atoms with van der Waals surface area (Å²) in [6, 6.07) is 0.0893. The average Bonchev–Trinajstić information content (AvgIpc) is 1.79. The van der Waals surface area contributed by atoms with Crippen LogP contribution in [0.25, 0.3) is 0 Å². The maximum atomic E-state index is 14.6. The van der Waals surface area contributed by atoms with Crippen molar-refractivity contribution >= 4 is 76.7 Å². The second-order valence-corrected chi connectivity index (χ2v) is 31.3. The van der Waals surface area contributed by atoms with Crippen LogP contribution in [0, 0.1) is 5.92 Å². The number of primary amides is 1. The smallest absolute Gasteiger partial charge is 0.312 e. The van der Waals surface area contributed by atoms with E-state index in [0.29, 0.717) is 149 Å². The van der Waals surface area contributed by atoms with Crippen LogP contribution in [0.5, 0.6) is 0 Å². The van der Waals surface area contributed by atoms with Crippen LogP contribution in [0.1, 0.15) is 109 Å². The summed E-state index contributed by atoms with van der Waals surface area (Å²) in [5.41, 5.74) is 6.18. The molecule has 2 heterocycles. The number of aliphatic hydroxyl groups is 11. The van der Waals surface area contributed by atoms with E-state index in [1.807, 2.05) is 0 Å². The van der Waals surface area contributed by atoms with Gasteiger partial charge in [-0.3, -0.25) is 67.4 Å². The number of anilines is 1. The summed E-state index contributed by atoms with van der Waals surface area (Å²) in [4.78, 5) is 160. The van der Waals surface area contributed by atoms with Crippen LogP contribution in [-0.4, -0.2) is 439 Å². The van der Waals surface area contributed by atoms with E-state index in [9.17, 15) is 103 Å². The van der Waals surface area contributed by atoms with E-state index >= 15 is 0 Å². The molecule has 0 fully saturated rings. The van der Waals surface area contributed by atoms with Crippen LogP contribution in [0.15, 0.2) is 48.6 Å². The standard InChI is InChI=1S/C86H146N12O35/c1-60(2)77(85(120)94-64(13-11-26-89-86(87)121)82(117)91-62-18-16-61(57-99)17-19-62)95-83(118)63(93-84(119)65(92-72(108)15-6-4-10-28-98-75(111)22-23-76(98)112)54-90-70(106)14-5-3-9-27-97-73(109)20-21-74(97)110)12-7-8-25-88-71(107)24-30-122-32-34-124-36-38-126-40-42-128-44-46-130-48-50-132-52-53-133-51-49-131-47-45-129-43-41-127-39-37-125-35-33-123-31-29-96(55-66(102)78(113)80(115)68(104)58-100)56-67(103)79(114)81(116)69(105)59-101/h16-23,60,63-69,77-81,99-105,113-116H,3-15,24-59H2,1-2H3,(H,88,107)(H,90,106)(H,91,117)(H,92,108)(H,93,119)(H,94,120)(H,95,118)(H3,87,89,121)/t63-,64-,65?,66-,67-,68+,69+,77-,78+,79+,80+,81+/m0/s1. The fourth-order valence-electron chi connectivity index (χ4n) is 12.6. The zero-order valence-electron chi connectivity index (χ0n) is 76.4. The van der Waals surface area contributed by atoms with Crippen LogP contribution in [-0.2, 0) is 116 Å². The molecule has 0 saturated heterocycles. The fraction of sp³-hybridized carbons (Fsp3) is 0.744. The first-order valence-electron chi connectivity index (χ1n) is 45.2. The Hall–Kier alpha value is -8.42. The van der Waals surface area contributed by atoms with Gasteiger partial charge in [-0.05, 0) is 81.4 Å². The van der Waals surface area contributed by atoms with Crippen molar-refractivity contribution in [3.63, 3.8) is 0 Å². The Kier molecular flexibility index (Phi) is 65.9. The molecule has 2 aliphatic rings. The number of aliphatic hydroxyl groups excluding tert-OH is 11. The number of nitrogens with zero attached hydrogens (tertiary/aromatic N) is 3. The monoisotopic (exact) mass is 1910 g/mol. The van der Waals surface area contributed by atoms with Crippen molar-refractivity contribution in [2.75, 3.05) is 229 Å². The van der Waals surface area contributed by atoms with Gasteiger partial charge in [0.15, 0.2) is 0 Å². The lowest BCUT2D eigenvalue weighted by Crippen LogP contribution is -2.60. The fourth-order valence-corrected chi connectivity index (χ4v) is 12.6. The Morgan fingerprint density at radius 1 is 0.368 bits per heavy atom. The van der Waals surface area contributed by atoms with Crippen LogP contribution >= 0.6 is 0 Å².